The molecule has 6 rings (SSSR count). The maximum Gasteiger partial charge on any atom is 0.0352 e. The van der Waals surface area contributed by atoms with Crippen LogP contribution in [0.25, 0.3) is 33.6 Å². The number of nitrogens with zero attached hydrogens (tertiary/aromatic N) is 2. The summed E-state index contributed by atoms with van der Waals surface area (Å²) in [4.78, 5) is 8.65. The molecule has 1 aliphatic rings. The first-order valence-electron chi connectivity index (χ1n) is 15.3. The first-order valence-corrected chi connectivity index (χ1v) is 12.5. The van der Waals surface area contributed by atoms with Crippen molar-refractivity contribution in [3.05, 3.63) is 132 Å². The van der Waals surface area contributed by atoms with Crippen molar-refractivity contribution in [2.24, 2.45) is 0 Å². The van der Waals surface area contributed by atoms with E-state index in [2.05, 4.69) is 52.4 Å². The number of aryl methyl sites for hydroxylation is 2. The third-order valence-electron chi connectivity index (χ3n) is 6.48. The molecule has 193 valence electrons. The number of benzene rings is 3. The van der Waals surface area contributed by atoms with Crippen molar-refractivity contribution >= 4 is 0 Å². The van der Waals surface area contributed by atoms with E-state index in [0.29, 0.717) is 16.8 Å². The van der Waals surface area contributed by atoms with Gasteiger partial charge in [0.2, 0.25) is 0 Å². The zero-order valence-electron chi connectivity index (χ0n) is 26.0. The average Bonchev–Trinajstić information content (AvgIpc) is 3.49. The summed E-state index contributed by atoms with van der Waals surface area (Å²) >= 11 is 0. The molecule has 1 radical (unpaired) electrons. The minimum absolute atomic E-state index is 0. The van der Waals surface area contributed by atoms with E-state index in [0.717, 1.165) is 40.8 Å². The summed E-state index contributed by atoms with van der Waals surface area (Å²) in [5, 5.41) is 0. The van der Waals surface area contributed by atoms with Gasteiger partial charge in [0.05, 0.1) is 0 Å². The molecule has 0 unspecified atom stereocenters. The maximum absolute atomic E-state index is 8.63. The quantitative estimate of drug-likeness (QED) is 0.178. The van der Waals surface area contributed by atoms with E-state index in [4.69, 9.17) is 6.85 Å². The second kappa shape index (κ2) is 13.4. The molecule has 0 amide bonds. The minimum atomic E-state index is -1.02. The van der Waals surface area contributed by atoms with Gasteiger partial charge in [0.15, 0.2) is 0 Å². The predicted octanol–water partition coefficient (Wildman–Crippen LogP) is 9.04. The standard InChI is InChI=1S/C22H20N.C13H12N.Ir/c1-2-8-20(9-3-1)22-16-21(14-15-23-22)19-12-10-18(11-13-19)17-6-4-5-7-17;1-10-3-6-12(7-4-10)13-8-5-11(2)9-14-13;/h1-3,8,10-17H,4-7H2;3-6,8-9H,1-2H3;/q2*-1;/i17D;1D2,2D2;. The fraction of sp³-hybridized carbons (Fsp3) is 0.200. The van der Waals surface area contributed by atoms with E-state index in [9.17, 15) is 0 Å². The van der Waals surface area contributed by atoms with E-state index in [1.165, 1.54) is 24.6 Å². The summed E-state index contributed by atoms with van der Waals surface area (Å²) in [6.45, 7) is -2.02. The summed E-state index contributed by atoms with van der Waals surface area (Å²) in [7, 11) is 0. The second-order valence-electron chi connectivity index (χ2n) is 9.11. The van der Waals surface area contributed by atoms with E-state index in [1.807, 2.05) is 36.5 Å². The molecule has 0 aliphatic heterocycles. The first-order chi connectivity index (χ1) is 20.3. The van der Waals surface area contributed by atoms with Crippen LogP contribution >= 0.6 is 0 Å². The molecule has 38 heavy (non-hydrogen) atoms. The molecule has 2 aromatic heterocycles. The molecule has 1 fully saturated rings. The SMILES string of the molecule is [2H]C([2H])c1c[c-]c(-c2ccc(C([2H])[2H])cn2)cc1.[2H]C1(c2ccc(-c3ccnc(-c4[c-]cccc4)c3)cc2)CCCC1.[Ir]. The van der Waals surface area contributed by atoms with Gasteiger partial charge in [-0.2, -0.15) is 0 Å². The second-order valence-corrected chi connectivity index (χ2v) is 9.11. The van der Waals surface area contributed by atoms with Crippen LogP contribution in [0, 0.1) is 25.9 Å². The Morgan fingerprint density at radius 1 is 0.763 bits per heavy atom. The fourth-order valence-corrected chi connectivity index (χ4v) is 4.46. The molecule has 2 heterocycles. The van der Waals surface area contributed by atoms with Gasteiger partial charge >= 0.3 is 0 Å². The summed E-state index contributed by atoms with van der Waals surface area (Å²) in [5.41, 5.74) is 8.02. The number of hydrogen-bond acceptors (Lipinski definition) is 2. The molecule has 0 saturated heterocycles. The smallest absolute Gasteiger partial charge is 0.0352 e. The Balaban J connectivity index is 0.000000201. The molecule has 0 spiro atoms. The van der Waals surface area contributed by atoms with Crippen molar-refractivity contribution in [2.45, 2.75) is 45.3 Å². The summed E-state index contributed by atoms with van der Waals surface area (Å²) in [6.07, 6.45) is 7.67. The van der Waals surface area contributed by atoms with Crippen LogP contribution in [0.15, 0.2) is 103 Å². The van der Waals surface area contributed by atoms with Crippen molar-refractivity contribution in [3.8, 4) is 33.6 Å². The van der Waals surface area contributed by atoms with Crippen molar-refractivity contribution < 1.29 is 27.0 Å². The van der Waals surface area contributed by atoms with Crippen LogP contribution in [-0.4, -0.2) is 9.97 Å². The van der Waals surface area contributed by atoms with E-state index >= 15 is 0 Å². The van der Waals surface area contributed by atoms with E-state index < -0.39 is 13.8 Å². The van der Waals surface area contributed by atoms with Crippen LogP contribution in [0.5, 0.6) is 0 Å². The van der Waals surface area contributed by atoms with Gasteiger partial charge in [-0.15, -0.1) is 71.3 Å². The van der Waals surface area contributed by atoms with Crippen LogP contribution in [0.3, 0.4) is 0 Å². The van der Waals surface area contributed by atoms with Gasteiger partial charge in [-0.3, -0.25) is 0 Å². The van der Waals surface area contributed by atoms with Crippen molar-refractivity contribution in [3.63, 3.8) is 0 Å². The normalized spacial score (nSPS) is 15.7. The Bertz CT molecular complexity index is 1520. The minimum Gasteiger partial charge on any atom is -0.305 e. The average molecular weight is 678 g/mol. The Morgan fingerprint density at radius 2 is 1.55 bits per heavy atom. The zero-order chi connectivity index (χ0) is 29.5. The summed E-state index contributed by atoms with van der Waals surface area (Å²) < 4.78 is 37.6. The molecule has 3 aromatic carbocycles. The molecule has 0 atom stereocenters. The van der Waals surface area contributed by atoms with Gasteiger partial charge in [0.25, 0.3) is 0 Å². The number of aromatic nitrogens is 2. The molecule has 0 N–H and O–H groups in total. The molecular formula is C35H32IrN2-2. The first kappa shape index (κ1) is 21.5. The van der Waals surface area contributed by atoms with Crippen LogP contribution in [0.1, 0.15) is 55.1 Å². The Morgan fingerprint density at radius 3 is 2.21 bits per heavy atom. The van der Waals surface area contributed by atoms with Crippen LogP contribution in [0.4, 0.5) is 0 Å². The van der Waals surface area contributed by atoms with Gasteiger partial charge < -0.3 is 9.97 Å². The molecule has 2 nitrogen and oxygen atoms in total. The van der Waals surface area contributed by atoms with Crippen LogP contribution < -0.4 is 0 Å². The zero-order valence-corrected chi connectivity index (χ0v) is 23.4. The Hall–Kier alpha value is -3.39. The van der Waals surface area contributed by atoms with Gasteiger partial charge in [-0.05, 0) is 65.3 Å². The van der Waals surface area contributed by atoms with Crippen LogP contribution in [0.2, 0.25) is 0 Å². The summed E-state index contributed by atoms with van der Waals surface area (Å²) in [6, 6.07) is 35.3. The van der Waals surface area contributed by atoms with E-state index in [1.54, 1.807) is 30.3 Å². The molecule has 5 aromatic rings. The molecule has 3 heteroatoms. The number of rotatable bonds is 4. The fourth-order valence-electron chi connectivity index (χ4n) is 4.46. The van der Waals surface area contributed by atoms with Gasteiger partial charge in [0.1, 0.15) is 0 Å². The van der Waals surface area contributed by atoms with Gasteiger partial charge in [-0.1, -0.05) is 62.2 Å². The van der Waals surface area contributed by atoms with Gasteiger partial charge in [-0.25, -0.2) is 0 Å². The molecular weight excluding hydrogens is 641 g/mol. The molecule has 1 aliphatic carbocycles. The van der Waals surface area contributed by atoms with Crippen molar-refractivity contribution in [2.75, 3.05) is 0 Å². The third-order valence-corrected chi connectivity index (χ3v) is 6.48. The van der Waals surface area contributed by atoms with Gasteiger partial charge in [0, 0.05) is 39.4 Å². The number of pyridine rings is 2. The Kier molecular flexibility index (Phi) is 7.60. The Labute approximate surface area is 247 Å². The topological polar surface area (TPSA) is 25.8 Å². The summed E-state index contributed by atoms with van der Waals surface area (Å²) in [5.74, 6) is -0.374. The predicted molar refractivity (Wildman–Crippen MR) is 153 cm³/mol. The van der Waals surface area contributed by atoms with Crippen molar-refractivity contribution in [1.29, 1.82) is 0 Å². The number of hydrogen-bond donors (Lipinski definition) is 0. The molecule has 1 saturated carbocycles. The maximum atomic E-state index is 8.63. The van der Waals surface area contributed by atoms with E-state index in [-0.39, 0.29) is 26.0 Å². The monoisotopic (exact) mass is 678 g/mol. The van der Waals surface area contributed by atoms with Crippen molar-refractivity contribution in [1.82, 2.24) is 9.97 Å². The largest absolute Gasteiger partial charge is 0.305 e. The van der Waals surface area contributed by atoms with Crippen LogP contribution in [-0.2, 0) is 20.1 Å². The molecule has 0 bridgehead atoms. The third kappa shape index (κ3) is 7.13.